The average Bonchev–Trinajstić information content (AvgIpc) is 3.11. The zero-order valence-electron chi connectivity index (χ0n) is 16.2. The Morgan fingerprint density at radius 2 is 1.86 bits per heavy atom. The van der Waals surface area contributed by atoms with E-state index in [1.807, 2.05) is 19.0 Å². The number of methoxy groups -OCH3 is 1. The molecule has 3 rings (SSSR count). The van der Waals surface area contributed by atoms with E-state index in [4.69, 9.17) is 16.3 Å². The molecule has 1 amide bonds. The van der Waals surface area contributed by atoms with Crippen molar-refractivity contribution in [3.05, 3.63) is 52.6 Å². The molecule has 2 aromatic carbocycles. The van der Waals surface area contributed by atoms with Crippen LogP contribution in [0.15, 0.2) is 30.3 Å². The van der Waals surface area contributed by atoms with E-state index in [1.54, 1.807) is 12.1 Å². The second-order valence-corrected chi connectivity index (χ2v) is 8.02. The molecule has 0 saturated carbocycles. The van der Waals surface area contributed by atoms with E-state index in [-0.39, 0.29) is 6.54 Å². The summed E-state index contributed by atoms with van der Waals surface area (Å²) in [5, 5.41) is 0.764. The molecule has 0 aliphatic rings. The van der Waals surface area contributed by atoms with Gasteiger partial charge in [0.05, 0.1) is 16.8 Å². The van der Waals surface area contributed by atoms with Crippen LogP contribution in [0, 0.1) is 11.6 Å². The molecule has 0 aliphatic heterocycles. The minimum absolute atomic E-state index is 0.241. The van der Waals surface area contributed by atoms with Crippen molar-refractivity contribution < 1.29 is 18.3 Å². The fourth-order valence-electron chi connectivity index (χ4n) is 2.89. The van der Waals surface area contributed by atoms with Crippen LogP contribution in [0.4, 0.5) is 13.9 Å². The third-order valence-corrected chi connectivity index (χ3v) is 5.85. The third-order valence-electron chi connectivity index (χ3n) is 4.31. The Labute approximate surface area is 176 Å². The monoisotopic (exact) mass is 439 g/mol. The molecule has 9 heteroatoms. The summed E-state index contributed by atoms with van der Waals surface area (Å²) < 4.78 is 34.5. The summed E-state index contributed by atoms with van der Waals surface area (Å²) in [5.74, 6) is -2.10. The lowest BCUT2D eigenvalue weighted by molar-refractivity contribution is 0.0978. The zero-order valence-corrected chi connectivity index (χ0v) is 17.8. The molecule has 0 fully saturated rings. The molecular weight excluding hydrogens is 420 g/mol. The van der Waals surface area contributed by atoms with Crippen LogP contribution in [0.3, 0.4) is 0 Å². The van der Waals surface area contributed by atoms with Crippen LogP contribution in [-0.2, 0) is 0 Å². The zero-order chi connectivity index (χ0) is 21.1. The Bertz CT molecular complexity index is 1020. The maximum Gasteiger partial charge on any atom is 0.266 e. The highest BCUT2D eigenvalue weighted by atomic mass is 35.5. The molecule has 0 atom stereocenters. The van der Waals surface area contributed by atoms with Crippen molar-refractivity contribution in [2.45, 2.75) is 6.42 Å². The minimum atomic E-state index is -0.913. The number of amides is 1. The number of nitrogens with zero attached hydrogens (tertiary/aromatic N) is 3. The molecule has 0 saturated heterocycles. The van der Waals surface area contributed by atoms with E-state index in [0.29, 0.717) is 39.1 Å². The highest BCUT2D eigenvalue weighted by Crippen LogP contribution is 2.39. The van der Waals surface area contributed by atoms with E-state index in [0.717, 1.165) is 12.1 Å². The van der Waals surface area contributed by atoms with Gasteiger partial charge in [-0.1, -0.05) is 29.0 Å². The minimum Gasteiger partial charge on any atom is -0.494 e. The molecule has 0 unspecified atom stereocenters. The van der Waals surface area contributed by atoms with E-state index in [1.165, 1.54) is 29.4 Å². The molecule has 0 bridgehead atoms. The number of carbonyl (C=O) groups is 1. The van der Waals surface area contributed by atoms with Gasteiger partial charge in [0.25, 0.3) is 5.91 Å². The number of anilines is 1. The topological polar surface area (TPSA) is 45.7 Å². The lowest BCUT2D eigenvalue weighted by Gasteiger charge is -2.21. The molecule has 1 heterocycles. The first-order chi connectivity index (χ1) is 13.8. The molecule has 0 N–H and O–H groups in total. The van der Waals surface area contributed by atoms with Crippen LogP contribution < -0.4 is 9.64 Å². The van der Waals surface area contributed by atoms with Crippen molar-refractivity contribution >= 4 is 44.2 Å². The van der Waals surface area contributed by atoms with Gasteiger partial charge in [0.2, 0.25) is 0 Å². The van der Waals surface area contributed by atoms with Gasteiger partial charge in [-0.15, -0.1) is 0 Å². The molecule has 3 aromatic rings. The van der Waals surface area contributed by atoms with Gasteiger partial charge in [-0.25, -0.2) is 13.8 Å². The van der Waals surface area contributed by atoms with Gasteiger partial charge in [-0.05, 0) is 51.3 Å². The Balaban J connectivity index is 2.07. The first-order valence-electron chi connectivity index (χ1n) is 8.87. The number of thiazole rings is 1. The van der Waals surface area contributed by atoms with Gasteiger partial charge in [-0.2, -0.15) is 0 Å². The average molecular weight is 440 g/mol. The van der Waals surface area contributed by atoms with E-state index < -0.39 is 23.1 Å². The van der Waals surface area contributed by atoms with E-state index >= 15 is 0 Å². The summed E-state index contributed by atoms with van der Waals surface area (Å²) in [6, 6.07) is 6.71. The molecule has 0 radical (unpaired) electrons. The summed E-state index contributed by atoms with van der Waals surface area (Å²) in [7, 11) is 5.33. The normalized spacial score (nSPS) is 11.3. The number of halogens is 3. The lowest BCUT2D eigenvalue weighted by atomic mass is 10.1. The van der Waals surface area contributed by atoms with Crippen LogP contribution in [-0.4, -0.2) is 50.1 Å². The van der Waals surface area contributed by atoms with Gasteiger partial charge in [-0.3, -0.25) is 9.69 Å². The molecular formula is C20H20ClF2N3O2S. The number of hydrogen-bond donors (Lipinski definition) is 0. The number of rotatable bonds is 7. The van der Waals surface area contributed by atoms with E-state index in [9.17, 15) is 13.6 Å². The molecule has 0 aliphatic carbocycles. The molecule has 154 valence electrons. The fourth-order valence-corrected chi connectivity index (χ4v) is 4.17. The number of benzene rings is 2. The molecule has 1 aromatic heterocycles. The van der Waals surface area contributed by atoms with Crippen LogP contribution >= 0.6 is 22.9 Å². The molecule has 29 heavy (non-hydrogen) atoms. The Kier molecular flexibility index (Phi) is 6.66. The van der Waals surface area contributed by atoms with Crippen molar-refractivity contribution in [1.29, 1.82) is 0 Å². The number of fused-ring (bicyclic) bond motifs is 1. The second kappa shape index (κ2) is 9.02. The molecule has 5 nitrogen and oxygen atoms in total. The number of ether oxygens (including phenoxy) is 1. The van der Waals surface area contributed by atoms with Gasteiger partial charge >= 0.3 is 0 Å². The SMILES string of the molecule is COc1ccc(Cl)c2sc(N(CCCN(C)C)C(=O)c3c(F)cccc3F)nc12. The highest BCUT2D eigenvalue weighted by molar-refractivity contribution is 7.23. The Morgan fingerprint density at radius 3 is 2.48 bits per heavy atom. The highest BCUT2D eigenvalue weighted by Gasteiger charge is 2.27. The number of aromatic nitrogens is 1. The van der Waals surface area contributed by atoms with Gasteiger partial charge < -0.3 is 9.64 Å². The van der Waals surface area contributed by atoms with Crippen molar-refractivity contribution in [3.8, 4) is 5.75 Å². The fraction of sp³-hybridized carbons (Fsp3) is 0.300. The summed E-state index contributed by atoms with van der Waals surface area (Å²) in [6.45, 7) is 0.934. The Morgan fingerprint density at radius 1 is 1.17 bits per heavy atom. The molecule has 0 spiro atoms. The van der Waals surface area contributed by atoms with Gasteiger partial charge in [0.1, 0.15) is 28.5 Å². The van der Waals surface area contributed by atoms with Crippen LogP contribution in [0.5, 0.6) is 5.75 Å². The van der Waals surface area contributed by atoms with Crippen molar-refractivity contribution in [1.82, 2.24) is 9.88 Å². The summed E-state index contributed by atoms with van der Waals surface area (Å²) >= 11 is 7.46. The first-order valence-corrected chi connectivity index (χ1v) is 10.1. The van der Waals surface area contributed by atoms with Gasteiger partial charge in [0.15, 0.2) is 5.13 Å². The van der Waals surface area contributed by atoms with Crippen LogP contribution in [0.1, 0.15) is 16.8 Å². The second-order valence-electron chi connectivity index (χ2n) is 6.63. The number of hydrogen-bond acceptors (Lipinski definition) is 5. The predicted molar refractivity (Wildman–Crippen MR) is 112 cm³/mol. The summed E-state index contributed by atoms with van der Waals surface area (Å²) in [4.78, 5) is 20.9. The van der Waals surface area contributed by atoms with Crippen molar-refractivity contribution in [3.63, 3.8) is 0 Å². The predicted octanol–water partition coefficient (Wildman–Crippen LogP) is 4.84. The quantitative estimate of drug-likeness (QED) is 0.528. The maximum absolute atomic E-state index is 14.3. The van der Waals surface area contributed by atoms with Crippen LogP contribution in [0.2, 0.25) is 5.02 Å². The van der Waals surface area contributed by atoms with Gasteiger partial charge in [0, 0.05) is 6.54 Å². The third kappa shape index (κ3) is 4.49. The smallest absolute Gasteiger partial charge is 0.266 e. The van der Waals surface area contributed by atoms with Crippen LogP contribution in [0.25, 0.3) is 10.2 Å². The number of carbonyl (C=O) groups excluding carboxylic acids is 1. The summed E-state index contributed by atoms with van der Waals surface area (Å²) in [5.41, 5.74) is -0.103. The Hall–Kier alpha value is -2.29. The first kappa shape index (κ1) is 21.4. The van der Waals surface area contributed by atoms with Crippen molar-refractivity contribution in [2.75, 3.05) is 39.2 Å². The standard InChI is InChI=1S/C20H20ClF2N3O2S/c1-25(2)10-5-11-26(19(27)16-13(22)6-4-7-14(16)23)20-24-17-15(28-3)9-8-12(21)18(17)29-20/h4,6-9H,5,10-11H2,1-3H3. The maximum atomic E-state index is 14.3. The lowest BCUT2D eigenvalue weighted by Crippen LogP contribution is -2.34. The van der Waals surface area contributed by atoms with E-state index in [2.05, 4.69) is 4.98 Å². The summed E-state index contributed by atoms with van der Waals surface area (Å²) in [6.07, 6.45) is 0.593. The van der Waals surface area contributed by atoms with Crippen molar-refractivity contribution in [2.24, 2.45) is 0 Å². The largest absolute Gasteiger partial charge is 0.494 e.